The van der Waals surface area contributed by atoms with E-state index in [4.69, 9.17) is 15.1 Å². The fraction of sp³-hybridized carbons (Fsp3) is 0.818. The standard InChI is InChI=1S/C11H20N4O2/c1-2-16-9(8-6-4-3-5-7-8)10-13-11(14-12)17-15-10/h8-9H,2-7,12H2,1H3,(H,13,14,15). The largest absolute Gasteiger partial charge is 0.370 e. The number of rotatable bonds is 5. The van der Waals surface area contributed by atoms with Gasteiger partial charge in [-0.3, -0.25) is 5.43 Å². The summed E-state index contributed by atoms with van der Waals surface area (Å²) in [7, 11) is 0. The normalized spacial score (nSPS) is 19.2. The molecule has 6 heteroatoms. The molecule has 1 aliphatic carbocycles. The maximum Gasteiger partial charge on any atom is 0.335 e. The number of hydrogen-bond donors (Lipinski definition) is 2. The van der Waals surface area contributed by atoms with Gasteiger partial charge in [0.1, 0.15) is 6.10 Å². The van der Waals surface area contributed by atoms with Crippen molar-refractivity contribution in [3.8, 4) is 0 Å². The third-order valence-corrected chi connectivity index (χ3v) is 3.24. The van der Waals surface area contributed by atoms with Crippen molar-refractivity contribution in [2.45, 2.75) is 45.1 Å². The highest BCUT2D eigenvalue weighted by Crippen LogP contribution is 2.35. The van der Waals surface area contributed by atoms with Crippen LogP contribution in [0.25, 0.3) is 0 Å². The fourth-order valence-electron chi connectivity index (χ4n) is 2.45. The average Bonchev–Trinajstić information content (AvgIpc) is 2.85. The minimum atomic E-state index is -0.0638. The minimum Gasteiger partial charge on any atom is -0.370 e. The number of nitrogens with zero attached hydrogens (tertiary/aromatic N) is 2. The summed E-state index contributed by atoms with van der Waals surface area (Å²) in [4.78, 5) is 4.18. The van der Waals surface area contributed by atoms with Gasteiger partial charge >= 0.3 is 6.01 Å². The van der Waals surface area contributed by atoms with E-state index in [1.807, 2.05) is 6.92 Å². The molecule has 1 unspecified atom stereocenters. The van der Waals surface area contributed by atoms with Gasteiger partial charge in [-0.15, -0.1) is 0 Å². The number of anilines is 1. The molecule has 1 saturated carbocycles. The Balaban J connectivity index is 2.09. The number of ether oxygens (including phenoxy) is 1. The van der Waals surface area contributed by atoms with E-state index in [0.29, 0.717) is 18.3 Å². The Kier molecular flexibility index (Phi) is 4.33. The summed E-state index contributed by atoms with van der Waals surface area (Å²) in [6.45, 7) is 2.64. The van der Waals surface area contributed by atoms with Gasteiger partial charge in [-0.25, -0.2) is 5.84 Å². The van der Waals surface area contributed by atoms with Crippen molar-refractivity contribution in [1.82, 2.24) is 10.1 Å². The summed E-state index contributed by atoms with van der Waals surface area (Å²) in [5.74, 6) is 6.32. The SMILES string of the molecule is CCOC(c1noc(NN)n1)C1CCCCC1. The zero-order valence-electron chi connectivity index (χ0n) is 10.2. The predicted molar refractivity (Wildman–Crippen MR) is 63.1 cm³/mol. The van der Waals surface area contributed by atoms with E-state index < -0.39 is 0 Å². The summed E-state index contributed by atoms with van der Waals surface area (Å²) in [5.41, 5.74) is 2.35. The van der Waals surface area contributed by atoms with Gasteiger partial charge in [0.15, 0.2) is 0 Å². The summed E-state index contributed by atoms with van der Waals surface area (Å²) in [6.07, 6.45) is 6.11. The van der Waals surface area contributed by atoms with E-state index in [1.165, 1.54) is 32.1 Å². The first-order chi connectivity index (χ1) is 8.35. The van der Waals surface area contributed by atoms with E-state index in [0.717, 1.165) is 0 Å². The first-order valence-corrected chi connectivity index (χ1v) is 6.27. The lowest BCUT2D eigenvalue weighted by Gasteiger charge is -2.27. The second-order valence-corrected chi connectivity index (χ2v) is 4.38. The van der Waals surface area contributed by atoms with Gasteiger partial charge in [0.25, 0.3) is 0 Å². The Morgan fingerprint density at radius 2 is 2.24 bits per heavy atom. The minimum absolute atomic E-state index is 0.0638. The quantitative estimate of drug-likeness (QED) is 0.605. The molecule has 0 aliphatic heterocycles. The van der Waals surface area contributed by atoms with Gasteiger partial charge in [-0.2, -0.15) is 4.98 Å². The number of hydrogen-bond acceptors (Lipinski definition) is 6. The van der Waals surface area contributed by atoms with E-state index in [9.17, 15) is 0 Å². The van der Waals surface area contributed by atoms with E-state index in [1.54, 1.807) is 0 Å². The van der Waals surface area contributed by atoms with Crippen molar-refractivity contribution in [3.63, 3.8) is 0 Å². The van der Waals surface area contributed by atoms with Crippen LogP contribution in [0.3, 0.4) is 0 Å². The number of nitrogens with one attached hydrogen (secondary N) is 1. The molecule has 0 bridgehead atoms. The Labute approximate surface area is 101 Å². The highest BCUT2D eigenvalue weighted by Gasteiger charge is 2.29. The lowest BCUT2D eigenvalue weighted by atomic mass is 9.85. The number of nitrogens with two attached hydrogens (primary N) is 1. The first-order valence-electron chi connectivity index (χ1n) is 6.27. The maximum atomic E-state index is 5.77. The topological polar surface area (TPSA) is 86.2 Å². The maximum absolute atomic E-state index is 5.77. The number of hydrazine groups is 1. The molecule has 0 radical (unpaired) electrons. The predicted octanol–water partition coefficient (Wildman–Crippen LogP) is 2.01. The van der Waals surface area contributed by atoms with Crippen LogP contribution in [0.5, 0.6) is 0 Å². The monoisotopic (exact) mass is 240 g/mol. The van der Waals surface area contributed by atoms with Gasteiger partial charge in [0.05, 0.1) is 0 Å². The molecule has 1 aromatic rings. The Morgan fingerprint density at radius 1 is 1.47 bits per heavy atom. The van der Waals surface area contributed by atoms with E-state index in [2.05, 4.69) is 15.6 Å². The van der Waals surface area contributed by atoms with Crippen LogP contribution >= 0.6 is 0 Å². The van der Waals surface area contributed by atoms with Gasteiger partial charge in [-0.05, 0) is 25.7 Å². The second kappa shape index (κ2) is 5.97. The van der Waals surface area contributed by atoms with Crippen molar-refractivity contribution in [2.24, 2.45) is 11.8 Å². The van der Waals surface area contributed by atoms with E-state index in [-0.39, 0.29) is 12.1 Å². The van der Waals surface area contributed by atoms with Crippen molar-refractivity contribution in [3.05, 3.63) is 5.82 Å². The average molecular weight is 240 g/mol. The molecule has 1 atom stereocenters. The molecule has 96 valence electrons. The summed E-state index contributed by atoms with van der Waals surface area (Å²) in [5, 5.41) is 3.93. The molecular formula is C11H20N4O2. The van der Waals surface area contributed by atoms with Gasteiger partial charge in [0, 0.05) is 6.61 Å². The van der Waals surface area contributed by atoms with Crippen LogP contribution < -0.4 is 11.3 Å². The van der Waals surface area contributed by atoms with E-state index >= 15 is 0 Å². The second-order valence-electron chi connectivity index (χ2n) is 4.38. The molecule has 1 aromatic heterocycles. The van der Waals surface area contributed by atoms with Crippen LogP contribution in [0, 0.1) is 5.92 Å². The molecule has 1 aliphatic rings. The van der Waals surface area contributed by atoms with Crippen LogP contribution in [-0.2, 0) is 4.74 Å². The van der Waals surface area contributed by atoms with Crippen LogP contribution in [0.15, 0.2) is 4.52 Å². The van der Waals surface area contributed by atoms with Crippen LogP contribution in [0.1, 0.15) is 51.0 Å². The van der Waals surface area contributed by atoms with Crippen molar-refractivity contribution in [1.29, 1.82) is 0 Å². The van der Waals surface area contributed by atoms with Gasteiger partial charge in [-0.1, -0.05) is 24.4 Å². The van der Waals surface area contributed by atoms with Crippen LogP contribution in [0.2, 0.25) is 0 Å². The van der Waals surface area contributed by atoms with Crippen LogP contribution in [-0.4, -0.2) is 16.7 Å². The van der Waals surface area contributed by atoms with Crippen molar-refractivity contribution >= 4 is 6.01 Å². The highest BCUT2D eigenvalue weighted by atomic mass is 16.5. The molecule has 3 N–H and O–H groups in total. The molecular weight excluding hydrogens is 220 g/mol. The number of aromatic nitrogens is 2. The van der Waals surface area contributed by atoms with Crippen molar-refractivity contribution in [2.75, 3.05) is 12.0 Å². The highest BCUT2D eigenvalue weighted by molar-refractivity contribution is 5.15. The molecule has 2 rings (SSSR count). The lowest BCUT2D eigenvalue weighted by molar-refractivity contribution is -0.00145. The summed E-state index contributed by atoms with van der Waals surface area (Å²) < 4.78 is 10.7. The summed E-state index contributed by atoms with van der Waals surface area (Å²) >= 11 is 0. The Morgan fingerprint density at radius 3 is 2.82 bits per heavy atom. The first kappa shape index (κ1) is 12.3. The molecule has 1 heterocycles. The van der Waals surface area contributed by atoms with Gasteiger partial charge in [0.2, 0.25) is 5.82 Å². The lowest BCUT2D eigenvalue weighted by Crippen LogP contribution is -2.20. The third kappa shape index (κ3) is 2.95. The zero-order chi connectivity index (χ0) is 12.1. The Bertz CT molecular complexity index is 336. The Hall–Kier alpha value is -1.14. The molecule has 0 spiro atoms. The molecule has 0 saturated heterocycles. The molecule has 6 nitrogen and oxygen atoms in total. The smallest absolute Gasteiger partial charge is 0.335 e. The summed E-state index contributed by atoms with van der Waals surface area (Å²) in [6, 6.07) is 0.237. The van der Waals surface area contributed by atoms with Crippen LogP contribution in [0.4, 0.5) is 6.01 Å². The number of nitrogen functional groups attached to an aromatic ring is 1. The zero-order valence-corrected chi connectivity index (χ0v) is 10.2. The molecule has 0 aromatic carbocycles. The third-order valence-electron chi connectivity index (χ3n) is 3.24. The molecule has 17 heavy (non-hydrogen) atoms. The van der Waals surface area contributed by atoms with Gasteiger partial charge < -0.3 is 9.26 Å². The molecule has 1 fully saturated rings. The fourth-order valence-corrected chi connectivity index (χ4v) is 2.45. The molecule has 0 amide bonds. The van der Waals surface area contributed by atoms with Crippen molar-refractivity contribution < 1.29 is 9.26 Å².